The van der Waals surface area contributed by atoms with Crippen molar-refractivity contribution in [2.45, 2.75) is 25.7 Å². The molecule has 2 heterocycles. The van der Waals surface area contributed by atoms with Gasteiger partial charge in [-0.1, -0.05) is 30.1 Å². The van der Waals surface area contributed by atoms with E-state index in [0.717, 1.165) is 11.0 Å². The first kappa shape index (κ1) is 21.6. The Morgan fingerprint density at radius 3 is 2.87 bits per heavy atom. The summed E-state index contributed by atoms with van der Waals surface area (Å²) in [6, 6.07) is 10.5. The number of hydrogen-bond acceptors (Lipinski definition) is 4. The van der Waals surface area contributed by atoms with E-state index in [-0.39, 0.29) is 11.8 Å². The number of carbonyl (C=O) groups is 2. The molecule has 0 bridgehead atoms. The van der Waals surface area contributed by atoms with Crippen LogP contribution in [0.2, 0.25) is 10.0 Å². The van der Waals surface area contributed by atoms with Crippen LogP contribution >= 0.6 is 23.2 Å². The second-order valence-electron chi connectivity index (χ2n) is 7.31. The number of aromatic nitrogens is 2. The van der Waals surface area contributed by atoms with Crippen molar-refractivity contribution in [1.82, 2.24) is 9.97 Å². The van der Waals surface area contributed by atoms with Gasteiger partial charge in [-0.15, -0.1) is 0 Å². The lowest BCUT2D eigenvalue weighted by atomic mass is 10.0. The summed E-state index contributed by atoms with van der Waals surface area (Å²) in [6.07, 6.45) is 0.878. The van der Waals surface area contributed by atoms with Gasteiger partial charge in [0.2, 0.25) is 11.8 Å². The second-order valence-corrected chi connectivity index (χ2v) is 8.15. The molecule has 0 radical (unpaired) electrons. The van der Waals surface area contributed by atoms with Crippen molar-refractivity contribution < 1.29 is 14.3 Å². The number of fused-ring (bicyclic) bond motifs is 1. The van der Waals surface area contributed by atoms with Crippen LogP contribution in [0.25, 0.3) is 11.0 Å². The van der Waals surface area contributed by atoms with Crippen LogP contribution in [0.15, 0.2) is 36.4 Å². The molecule has 1 aromatic heterocycles. The number of nitrogens with zero attached hydrogens (tertiary/aromatic N) is 2. The highest BCUT2D eigenvalue weighted by molar-refractivity contribution is 6.34. The summed E-state index contributed by atoms with van der Waals surface area (Å²) in [4.78, 5) is 34.6. The first-order valence-corrected chi connectivity index (χ1v) is 10.9. The van der Waals surface area contributed by atoms with Gasteiger partial charge >= 0.3 is 0 Å². The van der Waals surface area contributed by atoms with E-state index in [0.29, 0.717) is 59.8 Å². The number of anilines is 2. The maximum atomic E-state index is 13.0. The zero-order chi connectivity index (χ0) is 22.0. The molecule has 2 aromatic carbocycles. The van der Waals surface area contributed by atoms with E-state index in [1.165, 1.54) is 0 Å². The minimum absolute atomic E-state index is 0.0350. The molecule has 1 fully saturated rings. The average Bonchev–Trinajstić information content (AvgIpc) is 3.02. The van der Waals surface area contributed by atoms with Crippen LogP contribution in [-0.2, 0) is 14.3 Å². The first-order chi connectivity index (χ1) is 15.0. The molecule has 2 amide bonds. The third-order valence-corrected chi connectivity index (χ3v) is 5.78. The van der Waals surface area contributed by atoms with Crippen molar-refractivity contribution in [1.29, 1.82) is 0 Å². The van der Waals surface area contributed by atoms with Gasteiger partial charge in [-0.05, 0) is 42.8 Å². The lowest BCUT2D eigenvalue weighted by Crippen LogP contribution is -2.31. The number of nitrogens with one attached hydrogen (secondary N) is 2. The summed E-state index contributed by atoms with van der Waals surface area (Å²) in [7, 11) is 0. The predicted octanol–water partition coefficient (Wildman–Crippen LogP) is 4.76. The molecule has 4 rings (SSSR count). The molecule has 162 valence electrons. The molecule has 7 nitrogen and oxygen atoms in total. The van der Waals surface area contributed by atoms with Gasteiger partial charge in [0, 0.05) is 17.3 Å². The highest BCUT2D eigenvalue weighted by Crippen LogP contribution is 2.31. The van der Waals surface area contributed by atoms with Gasteiger partial charge in [0.1, 0.15) is 5.82 Å². The third kappa shape index (κ3) is 4.69. The zero-order valence-electron chi connectivity index (χ0n) is 17.0. The molecule has 1 atom stereocenters. The van der Waals surface area contributed by atoms with Crippen LogP contribution < -0.4 is 10.2 Å². The van der Waals surface area contributed by atoms with E-state index in [1.807, 2.05) is 13.0 Å². The number of H-pyrrole nitrogens is 1. The van der Waals surface area contributed by atoms with E-state index >= 15 is 0 Å². The van der Waals surface area contributed by atoms with Crippen LogP contribution in [0.5, 0.6) is 0 Å². The Labute approximate surface area is 189 Å². The Morgan fingerprint density at radius 2 is 2.10 bits per heavy atom. The molecule has 3 aromatic rings. The second kappa shape index (κ2) is 9.26. The standard InChI is InChI=1S/C22H22Cl2N4O3/c1-2-15(21-26-17-5-3-13(23)11-18(17)27-21)22(30)25-14-4-6-19(16(24)12-14)28-8-10-31-9-7-20(28)29/h3-6,11-12,15H,2,7-10H2,1H3,(H,25,30)(H,26,27). The number of aromatic amines is 1. The van der Waals surface area contributed by atoms with Crippen LogP contribution in [-0.4, -0.2) is 41.5 Å². The lowest BCUT2D eigenvalue weighted by Gasteiger charge is -2.22. The van der Waals surface area contributed by atoms with E-state index < -0.39 is 5.92 Å². The van der Waals surface area contributed by atoms with Crippen LogP contribution in [0.4, 0.5) is 11.4 Å². The van der Waals surface area contributed by atoms with Gasteiger partial charge in [-0.25, -0.2) is 4.98 Å². The van der Waals surface area contributed by atoms with Gasteiger partial charge in [0.25, 0.3) is 0 Å². The van der Waals surface area contributed by atoms with Crippen LogP contribution in [0.1, 0.15) is 31.5 Å². The molecule has 31 heavy (non-hydrogen) atoms. The molecular formula is C22H22Cl2N4O3. The normalized spacial score (nSPS) is 15.7. The summed E-state index contributed by atoms with van der Waals surface area (Å²) in [5.41, 5.74) is 2.70. The molecule has 1 unspecified atom stereocenters. The lowest BCUT2D eigenvalue weighted by molar-refractivity contribution is -0.119. The Bertz CT molecular complexity index is 1130. The summed E-state index contributed by atoms with van der Waals surface area (Å²) < 4.78 is 5.36. The van der Waals surface area contributed by atoms with E-state index in [2.05, 4.69) is 15.3 Å². The fourth-order valence-electron chi connectivity index (χ4n) is 3.63. The molecule has 2 N–H and O–H groups in total. The van der Waals surface area contributed by atoms with Crippen molar-refractivity contribution in [3.05, 3.63) is 52.3 Å². The van der Waals surface area contributed by atoms with E-state index in [4.69, 9.17) is 27.9 Å². The summed E-state index contributed by atoms with van der Waals surface area (Å²) in [6.45, 7) is 3.24. The van der Waals surface area contributed by atoms with Crippen molar-refractivity contribution in [3.8, 4) is 0 Å². The highest BCUT2D eigenvalue weighted by Gasteiger charge is 2.24. The van der Waals surface area contributed by atoms with Crippen molar-refractivity contribution in [2.24, 2.45) is 0 Å². The summed E-state index contributed by atoms with van der Waals surface area (Å²) in [5, 5.41) is 3.89. The van der Waals surface area contributed by atoms with E-state index in [1.54, 1.807) is 35.2 Å². The SMILES string of the molecule is CCC(C(=O)Nc1ccc(N2CCOCCC2=O)c(Cl)c1)c1nc2ccc(Cl)cc2[nH]1. The largest absolute Gasteiger partial charge is 0.379 e. The molecule has 9 heteroatoms. The maximum absolute atomic E-state index is 13.0. The van der Waals surface area contributed by atoms with E-state index in [9.17, 15) is 9.59 Å². The molecule has 0 saturated carbocycles. The molecule has 1 aliphatic rings. The fraction of sp³-hybridized carbons (Fsp3) is 0.318. The molecule has 0 aliphatic carbocycles. The van der Waals surface area contributed by atoms with Gasteiger partial charge in [0.15, 0.2) is 0 Å². The minimum atomic E-state index is -0.464. The van der Waals surface area contributed by atoms with Crippen LogP contribution in [0.3, 0.4) is 0 Å². The van der Waals surface area contributed by atoms with Crippen molar-refractivity contribution >= 4 is 57.4 Å². The molecule has 1 saturated heterocycles. The molecular weight excluding hydrogens is 439 g/mol. The number of amides is 2. The quantitative estimate of drug-likeness (QED) is 0.574. The topological polar surface area (TPSA) is 87.3 Å². The number of ether oxygens (including phenoxy) is 1. The smallest absolute Gasteiger partial charge is 0.235 e. The average molecular weight is 461 g/mol. The number of rotatable bonds is 5. The number of halogens is 2. The number of imidazole rings is 1. The Morgan fingerprint density at radius 1 is 1.26 bits per heavy atom. The molecule has 0 spiro atoms. The number of carbonyl (C=O) groups excluding carboxylic acids is 2. The monoisotopic (exact) mass is 460 g/mol. The summed E-state index contributed by atoms with van der Waals surface area (Å²) >= 11 is 12.5. The van der Waals surface area contributed by atoms with Gasteiger partial charge in [0.05, 0.1) is 47.3 Å². The minimum Gasteiger partial charge on any atom is -0.379 e. The van der Waals surface area contributed by atoms with Crippen molar-refractivity contribution in [2.75, 3.05) is 30.0 Å². The van der Waals surface area contributed by atoms with Gasteiger partial charge in [-0.3, -0.25) is 9.59 Å². The van der Waals surface area contributed by atoms with Gasteiger partial charge < -0.3 is 19.9 Å². The fourth-order valence-corrected chi connectivity index (χ4v) is 4.09. The maximum Gasteiger partial charge on any atom is 0.235 e. The Hall–Kier alpha value is -2.61. The third-order valence-electron chi connectivity index (χ3n) is 5.24. The van der Waals surface area contributed by atoms with Crippen molar-refractivity contribution in [3.63, 3.8) is 0 Å². The van der Waals surface area contributed by atoms with Gasteiger partial charge in [-0.2, -0.15) is 0 Å². The zero-order valence-corrected chi connectivity index (χ0v) is 18.5. The Kier molecular flexibility index (Phi) is 6.46. The highest BCUT2D eigenvalue weighted by atomic mass is 35.5. The summed E-state index contributed by atoms with van der Waals surface area (Å²) in [5.74, 6) is -0.118. The number of benzene rings is 2. The Balaban J connectivity index is 1.52. The predicted molar refractivity (Wildman–Crippen MR) is 122 cm³/mol. The first-order valence-electron chi connectivity index (χ1n) is 10.1. The van der Waals surface area contributed by atoms with Crippen LogP contribution in [0, 0.1) is 0 Å². The number of hydrogen-bond donors (Lipinski definition) is 2. The molecule has 1 aliphatic heterocycles.